The van der Waals surface area contributed by atoms with Crippen LogP contribution >= 0.6 is 0 Å². The Morgan fingerprint density at radius 1 is 1.21 bits per heavy atom. The van der Waals surface area contributed by atoms with Crippen LogP contribution in [-0.2, 0) is 30.2 Å². The lowest BCUT2D eigenvalue weighted by Crippen LogP contribution is -2.38. The van der Waals surface area contributed by atoms with E-state index < -0.39 is 17.2 Å². The Hall–Kier alpha value is -3.09. The zero-order valence-electron chi connectivity index (χ0n) is 13.3. The molecule has 0 bridgehead atoms. The normalized spacial score (nSPS) is 12.8. The quantitative estimate of drug-likeness (QED) is 0.771. The van der Waals surface area contributed by atoms with Crippen LogP contribution in [0.15, 0.2) is 45.5 Å². The average Bonchev–Trinajstić information content (AvgIpc) is 2.61. The smallest absolute Gasteiger partial charge is 0.337 e. The first-order valence-electron chi connectivity index (χ1n) is 7.33. The summed E-state index contributed by atoms with van der Waals surface area (Å²) in [5.74, 6) is 0.167. The molecule has 0 saturated heterocycles. The number of carbonyl (C=O) groups is 1. The summed E-state index contributed by atoms with van der Waals surface area (Å²) < 4.78 is 13.0. The minimum Gasteiger partial charge on any atom is -0.488 e. The van der Waals surface area contributed by atoms with Gasteiger partial charge in [0.2, 0.25) is 0 Å². The number of hydrogen-bond donors (Lipinski definition) is 0. The standard InChI is InChI=1S/C17H16N2O5/c1-18-13(8-15(20)19(2)17(18)22)10-24-16(21)12-7-11-5-3-4-6-14(11)23-9-12/h3-8H,9-10H2,1-2H3. The molecule has 0 N–H and O–H groups in total. The Morgan fingerprint density at radius 3 is 2.75 bits per heavy atom. The third kappa shape index (κ3) is 2.88. The summed E-state index contributed by atoms with van der Waals surface area (Å²) >= 11 is 0. The maximum atomic E-state index is 12.2. The van der Waals surface area contributed by atoms with Gasteiger partial charge in [0.1, 0.15) is 19.0 Å². The molecule has 1 aromatic heterocycles. The number of benzene rings is 1. The second-order valence-electron chi connectivity index (χ2n) is 5.45. The van der Waals surface area contributed by atoms with E-state index in [2.05, 4.69) is 0 Å². The first kappa shape index (κ1) is 15.8. The van der Waals surface area contributed by atoms with Crippen molar-refractivity contribution in [1.82, 2.24) is 9.13 Å². The highest BCUT2D eigenvalue weighted by Gasteiger charge is 2.18. The lowest BCUT2D eigenvalue weighted by Gasteiger charge is -2.17. The maximum absolute atomic E-state index is 12.2. The molecule has 0 saturated carbocycles. The van der Waals surface area contributed by atoms with Gasteiger partial charge in [0.25, 0.3) is 5.56 Å². The highest BCUT2D eigenvalue weighted by molar-refractivity contribution is 5.95. The number of ether oxygens (including phenoxy) is 2. The summed E-state index contributed by atoms with van der Waals surface area (Å²) in [7, 11) is 2.91. The number of carbonyl (C=O) groups excluding carboxylic acids is 1. The van der Waals surface area contributed by atoms with Gasteiger partial charge in [-0.15, -0.1) is 0 Å². The largest absolute Gasteiger partial charge is 0.488 e. The molecule has 7 heteroatoms. The van der Waals surface area contributed by atoms with Crippen LogP contribution in [0.1, 0.15) is 11.3 Å². The highest BCUT2D eigenvalue weighted by Crippen LogP contribution is 2.26. The minimum absolute atomic E-state index is 0.116. The number of hydrogen-bond acceptors (Lipinski definition) is 5. The van der Waals surface area contributed by atoms with Gasteiger partial charge in [-0.1, -0.05) is 18.2 Å². The van der Waals surface area contributed by atoms with Crippen LogP contribution in [0, 0.1) is 0 Å². The molecule has 0 unspecified atom stereocenters. The molecule has 0 fully saturated rings. The molecule has 3 rings (SSSR count). The van der Waals surface area contributed by atoms with Crippen LogP contribution in [-0.4, -0.2) is 21.7 Å². The molecule has 0 radical (unpaired) electrons. The molecule has 24 heavy (non-hydrogen) atoms. The Labute approximate surface area is 137 Å². The van der Waals surface area contributed by atoms with Crippen LogP contribution < -0.4 is 16.0 Å². The first-order valence-corrected chi connectivity index (χ1v) is 7.33. The second-order valence-corrected chi connectivity index (χ2v) is 5.45. The van der Waals surface area contributed by atoms with E-state index in [9.17, 15) is 14.4 Å². The molecule has 0 aliphatic carbocycles. The van der Waals surface area contributed by atoms with E-state index in [1.807, 2.05) is 24.3 Å². The first-order chi connectivity index (χ1) is 11.5. The predicted molar refractivity (Wildman–Crippen MR) is 86.6 cm³/mol. The zero-order chi connectivity index (χ0) is 17.3. The fraction of sp³-hybridized carbons (Fsp3) is 0.235. The number of para-hydroxylation sites is 1. The topological polar surface area (TPSA) is 79.5 Å². The van der Waals surface area contributed by atoms with Crippen molar-refractivity contribution in [2.24, 2.45) is 14.1 Å². The molecule has 2 heterocycles. The Bertz CT molecular complexity index is 952. The van der Waals surface area contributed by atoms with Gasteiger partial charge in [0, 0.05) is 25.7 Å². The van der Waals surface area contributed by atoms with Crippen molar-refractivity contribution in [3.05, 3.63) is 68.0 Å². The van der Waals surface area contributed by atoms with Crippen LogP contribution in [0.2, 0.25) is 0 Å². The summed E-state index contributed by atoms with van der Waals surface area (Å²) in [6, 6.07) is 8.64. The van der Waals surface area contributed by atoms with E-state index in [0.717, 1.165) is 10.1 Å². The van der Waals surface area contributed by atoms with E-state index in [0.29, 0.717) is 17.0 Å². The second kappa shape index (κ2) is 6.19. The number of aromatic nitrogens is 2. The van der Waals surface area contributed by atoms with Crippen LogP contribution in [0.5, 0.6) is 5.75 Å². The van der Waals surface area contributed by atoms with Crippen molar-refractivity contribution in [3.8, 4) is 5.75 Å². The molecule has 0 atom stereocenters. The molecular formula is C17H16N2O5. The van der Waals surface area contributed by atoms with Crippen molar-refractivity contribution >= 4 is 12.0 Å². The Balaban J connectivity index is 1.77. The lowest BCUT2D eigenvalue weighted by atomic mass is 10.1. The minimum atomic E-state index is -0.544. The summed E-state index contributed by atoms with van der Waals surface area (Å²) in [6.07, 6.45) is 1.71. The highest BCUT2D eigenvalue weighted by atomic mass is 16.5. The van der Waals surface area contributed by atoms with Gasteiger partial charge in [-0.2, -0.15) is 0 Å². The number of fused-ring (bicyclic) bond motifs is 1. The molecule has 1 aromatic carbocycles. The summed E-state index contributed by atoms with van der Waals surface area (Å²) in [6.45, 7) is -0.0506. The van der Waals surface area contributed by atoms with Crippen molar-refractivity contribution in [2.75, 3.05) is 6.61 Å². The average molecular weight is 328 g/mol. The summed E-state index contributed by atoms with van der Waals surface area (Å²) in [5, 5.41) is 0. The molecule has 7 nitrogen and oxygen atoms in total. The maximum Gasteiger partial charge on any atom is 0.337 e. The van der Waals surface area contributed by atoms with Gasteiger partial charge in [-0.05, 0) is 12.1 Å². The van der Waals surface area contributed by atoms with E-state index in [1.165, 1.54) is 24.7 Å². The third-order valence-electron chi connectivity index (χ3n) is 3.87. The molecule has 1 aliphatic rings. The third-order valence-corrected chi connectivity index (χ3v) is 3.87. The van der Waals surface area contributed by atoms with Crippen LogP contribution in [0.3, 0.4) is 0 Å². The van der Waals surface area contributed by atoms with Gasteiger partial charge in [-0.3, -0.25) is 13.9 Å². The summed E-state index contributed by atoms with van der Waals surface area (Å²) in [4.78, 5) is 35.7. The van der Waals surface area contributed by atoms with Crippen molar-refractivity contribution in [2.45, 2.75) is 6.61 Å². The van der Waals surface area contributed by atoms with Gasteiger partial charge in [-0.25, -0.2) is 9.59 Å². The van der Waals surface area contributed by atoms with Crippen LogP contribution in [0.25, 0.3) is 6.08 Å². The monoisotopic (exact) mass is 328 g/mol. The van der Waals surface area contributed by atoms with Crippen molar-refractivity contribution < 1.29 is 14.3 Å². The zero-order valence-corrected chi connectivity index (χ0v) is 13.3. The van der Waals surface area contributed by atoms with Crippen molar-refractivity contribution in [1.29, 1.82) is 0 Å². The van der Waals surface area contributed by atoms with Gasteiger partial charge in [0.15, 0.2) is 0 Å². The molecule has 124 valence electrons. The Kier molecular flexibility index (Phi) is 4.07. The molecule has 1 aliphatic heterocycles. The van der Waals surface area contributed by atoms with E-state index in [-0.39, 0.29) is 13.2 Å². The number of esters is 1. The molecule has 2 aromatic rings. The van der Waals surface area contributed by atoms with Gasteiger partial charge >= 0.3 is 11.7 Å². The molecular weight excluding hydrogens is 312 g/mol. The van der Waals surface area contributed by atoms with E-state index in [4.69, 9.17) is 9.47 Å². The Morgan fingerprint density at radius 2 is 1.96 bits per heavy atom. The molecule has 0 spiro atoms. The van der Waals surface area contributed by atoms with E-state index >= 15 is 0 Å². The van der Waals surface area contributed by atoms with E-state index in [1.54, 1.807) is 6.08 Å². The van der Waals surface area contributed by atoms with Gasteiger partial charge < -0.3 is 9.47 Å². The van der Waals surface area contributed by atoms with Gasteiger partial charge in [0.05, 0.1) is 11.3 Å². The number of rotatable bonds is 3. The fourth-order valence-corrected chi connectivity index (χ4v) is 2.38. The van der Waals surface area contributed by atoms with Crippen molar-refractivity contribution in [3.63, 3.8) is 0 Å². The lowest BCUT2D eigenvalue weighted by molar-refractivity contribution is -0.140. The molecule has 0 amide bonds. The number of nitrogens with zero attached hydrogens (tertiary/aromatic N) is 2. The summed E-state index contributed by atoms with van der Waals surface area (Å²) in [5.41, 5.74) is 0.592. The predicted octanol–water partition coefficient (Wildman–Crippen LogP) is 0.603. The fourth-order valence-electron chi connectivity index (χ4n) is 2.38. The SMILES string of the molecule is Cn1c(COC(=O)C2=Cc3ccccc3OC2)cc(=O)n(C)c1=O. The van der Waals surface area contributed by atoms with Crippen LogP contribution in [0.4, 0.5) is 0 Å².